The Balaban J connectivity index is 2.44. The molecule has 0 saturated heterocycles. The number of benzene rings is 1. The van der Waals surface area contributed by atoms with Crippen LogP contribution in [0.1, 0.15) is 26.7 Å². The minimum absolute atomic E-state index is 0.0337. The maximum absolute atomic E-state index is 11.8. The van der Waals surface area contributed by atoms with Crippen LogP contribution in [0.5, 0.6) is 5.75 Å². The maximum atomic E-state index is 11.8. The Kier molecular flexibility index (Phi) is 6.87. The van der Waals surface area contributed by atoms with Gasteiger partial charge < -0.3 is 20.5 Å². The molecule has 1 aromatic rings. The van der Waals surface area contributed by atoms with E-state index in [9.17, 15) is 4.79 Å². The van der Waals surface area contributed by atoms with Crippen molar-refractivity contribution in [3.63, 3.8) is 0 Å². The number of ether oxygens (including phenoxy) is 2. The zero-order valence-corrected chi connectivity index (χ0v) is 12.4. The number of hydrogen-bond acceptors (Lipinski definition) is 4. The van der Waals surface area contributed by atoms with Gasteiger partial charge in [-0.25, -0.2) is 0 Å². The first-order chi connectivity index (χ1) is 9.56. The third kappa shape index (κ3) is 5.48. The van der Waals surface area contributed by atoms with E-state index in [0.717, 1.165) is 12.8 Å². The van der Waals surface area contributed by atoms with Crippen LogP contribution >= 0.6 is 0 Å². The van der Waals surface area contributed by atoms with E-state index in [0.29, 0.717) is 29.6 Å². The fourth-order valence-corrected chi connectivity index (χ4v) is 1.94. The van der Waals surface area contributed by atoms with Crippen molar-refractivity contribution in [3.05, 3.63) is 18.2 Å². The Morgan fingerprint density at radius 2 is 2.20 bits per heavy atom. The lowest BCUT2D eigenvalue weighted by atomic mass is 10.1. The number of anilines is 2. The highest BCUT2D eigenvalue weighted by atomic mass is 16.5. The van der Waals surface area contributed by atoms with E-state index in [4.69, 9.17) is 15.2 Å². The van der Waals surface area contributed by atoms with Crippen molar-refractivity contribution in [2.24, 2.45) is 5.92 Å². The molecule has 1 rings (SSSR count). The Labute approximate surface area is 120 Å². The van der Waals surface area contributed by atoms with Crippen LogP contribution in [0.25, 0.3) is 0 Å². The van der Waals surface area contributed by atoms with Gasteiger partial charge in [0.2, 0.25) is 5.91 Å². The van der Waals surface area contributed by atoms with Crippen molar-refractivity contribution in [1.29, 1.82) is 0 Å². The van der Waals surface area contributed by atoms with Crippen LogP contribution in [-0.4, -0.2) is 26.2 Å². The highest BCUT2D eigenvalue weighted by Crippen LogP contribution is 2.26. The molecule has 0 radical (unpaired) electrons. The van der Waals surface area contributed by atoms with Crippen LogP contribution in [0.4, 0.5) is 11.4 Å². The van der Waals surface area contributed by atoms with Crippen molar-refractivity contribution >= 4 is 17.3 Å². The summed E-state index contributed by atoms with van der Waals surface area (Å²) in [5.74, 6) is 0.833. The zero-order valence-electron chi connectivity index (χ0n) is 12.4. The van der Waals surface area contributed by atoms with Gasteiger partial charge in [0.05, 0.1) is 12.8 Å². The number of carbonyl (C=O) groups is 1. The second-order valence-corrected chi connectivity index (χ2v) is 4.92. The van der Waals surface area contributed by atoms with E-state index >= 15 is 0 Å². The lowest BCUT2D eigenvalue weighted by Crippen LogP contribution is -2.20. The number of carbonyl (C=O) groups excluding carboxylic acids is 1. The molecule has 1 amide bonds. The monoisotopic (exact) mass is 280 g/mol. The van der Waals surface area contributed by atoms with Crippen LogP contribution in [0.3, 0.4) is 0 Å². The smallest absolute Gasteiger partial charge is 0.250 e. The van der Waals surface area contributed by atoms with Crippen LogP contribution in [0.2, 0.25) is 0 Å². The third-order valence-corrected chi connectivity index (χ3v) is 2.91. The highest BCUT2D eigenvalue weighted by molar-refractivity contribution is 5.93. The predicted molar refractivity (Wildman–Crippen MR) is 80.9 cm³/mol. The first-order valence-electron chi connectivity index (χ1n) is 6.88. The average molecular weight is 280 g/mol. The van der Waals surface area contributed by atoms with Gasteiger partial charge in [0.15, 0.2) is 0 Å². The molecule has 5 nitrogen and oxygen atoms in total. The highest BCUT2D eigenvalue weighted by Gasteiger charge is 2.09. The topological polar surface area (TPSA) is 73.6 Å². The Morgan fingerprint density at radius 1 is 1.45 bits per heavy atom. The third-order valence-electron chi connectivity index (χ3n) is 2.91. The summed E-state index contributed by atoms with van der Waals surface area (Å²) in [5.41, 5.74) is 6.82. The molecule has 0 aromatic heterocycles. The molecule has 0 heterocycles. The molecule has 3 N–H and O–H groups in total. The van der Waals surface area contributed by atoms with Crippen molar-refractivity contribution in [2.75, 3.05) is 31.4 Å². The molecular formula is C15H24N2O3. The molecule has 0 bridgehead atoms. The van der Waals surface area contributed by atoms with E-state index < -0.39 is 0 Å². The van der Waals surface area contributed by atoms with Gasteiger partial charge in [-0.15, -0.1) is 0 Å². The van der Waals surface area contributed by atoms with Gasteiger partial charge in [-0.05, 0) is 30.5 Å². The van der Waals surface area contributed by atoms with Gasteiger partial charge in [-0.3, -0.25) is 4.79 Å². The van der Waals surface area contributed by atoms with E-state index in [1.54, 1.807) is 25.3 Å². The SMILES string of the molecule is CCCC(C)COCC(=O)Nc1cc(N)ccc1OC. The largest absolute Gasteiger partial charge is 0.495 e. The minimum atomic E-state index is -0.211. The molecule has 0 aliphatic heterocycles. The van der Waals surface area contributed by atoms with Crippen LogP contribution in [-0.2, 0) is 9.53 Å². The normalized spacial score (nSPS) is 11.9. The van der Waals surface area contributed by atoms with Gasteiger partial charge in [-0.1, -0.05) is 20.3 Å². The second kappa shape index (κ2) is 8.43. The predicted octanol–water partition coefficient (Wildman–Crippen LogP) is 2.67. The van der Waals surface area contributed by atoms with Gasteiger partial charge in [0.1, 0.15) is 12.4 Å². The zero-order chi connectivity index (χ0) is 15.0. The van der Waals surface area contributed by atoms with Gasteiger partial charge in [-0.2, -0.15) is 0 Å². The quantitative estimate of drug-likeness (QED) is 0.718. The summed E-state index contributed by atoms with van der Waals surface area (Å²) in [6, 6.07) is 5.10. The number of nitrogen functional groups attached to an aromatic ring is 1. The minimum Gasteiger partial charge on any atom is -0.495 e. The second-order valence-electron chi connectivity index (χ2n) is 4.92. The molecule has 5 heteroatoms. The molecule has 0 saturated carbocycles. The molecule has 0 spiro atoms. The van der Waals surface area contributed by atoms with Crippen LogP contribution in [0.15, 0.2) is 18.2 Å². The summed E-state index contributed by atoms with van der Waals surface area (Å²) >= 11 is 0. The Bertz CT molecular complexity index is 435. The fraction of sp³-hybridized carbons (Fsp3) is 0.533. The molecule has 1 aromatic carbocycles. The number of methoxy groups -OCH3 is 1. The maximum Gasteiger partial charge on any atom is 0.250 e. The summed E-state index contributed by atoms with van der Waals surface area (Å²) in [4.78, 5) is 11.8. The first-order valence-corrected chi connectivity index (χ1v) is 6.88. The lowest BCUT2D eigenvalue weighted by molar-refractivity contribution is -0.121. The van der Waals surface area contributed by atoms with Crippen LogP contribution < -0.4 is 15.8 Å². The van der Waals surface area contributed by atoms with Crippen molar-refractivity contribution in [3.8, 4) is 5.75 Å². The number of hydrogen-bond donors (Lipinski definition) is 2. The molecule has 0 fully saturated rings. The Morgan fingerprint density at radius 3 is 2.85 bits per heavy atom. The number of amides is 1. The summed E-state index contributed by atoms with van der Waals surface area (Å²) in [6.45, 7) is 4.87. The molecule has 112 valence electrons. The van der Waals surface area contributed by atoms with E-state index in [1.807, 2.05) is 0 Å². The van der Waals surface area contributed by atoms with Crippen molar-refractivity contribution in [1.82, 2.24) is 0 Å². The molecular weight excluding hydrogens is 256 g/mol. The summed E-state index contributed by atoms with van der Waals surface area (Å²) in [5, 5.41) is 2.74. The first kappa shape index (κ1) is 16.3. The van der Waals surface area contributed by atoms with Crippen molar-refractivity contribution < 1.29 is 14.3 Å². The lowest BCUT2D eigenvalue weighted by Gasteiger charge is -2.13. The molecule has 0 aliphatic carbocycles. The molecule has 1 unspecified atom stereocenters. The van der Waals surface area contributed by atoms with Crippen LogP contribution in [0, 0.1) is 5.92 Å². The fourth-order valence-electron chi connectivity index (χ4n) is 1.94. The molecule has 1 atom stereocenters. The number of rotatable bonds is 8. The molecule has 0 aliphatic rings. The van der Waals surface area contributed by atoms with E-state index in [-0.39, 0.29) is 12.5 Å². The number of nitrogens with one attached hydrogen (secondary N) is 1. The van der Waals surface area contributed by atoms with E-state index in [2.05, 4.69) is 19.2 Å². The standard InChI is InChI=1S/C15H24N2O3/c1-4-5-11(2)9-20-10-15(18)17-13-8-12(16)6-7-14(13)19-3/h6-8,11H,4-5,9-10,16H2,1-3H3,(H,17,18). The van der Waals surface area contributed by atoms with Gasteiger partial charge in [0, 0.05) is 12.3 Å². The van der Waals surface area contributed by atoms with Gasteiger partial charge >= 0.3 is 0 Å². The summed E-state index contributed by atoms with van der Waals surface area (Å²) in [7, 11) is 1.55. The van der Waals surface area contributed by atoms with Crippen molar-refractivity contribution in [2.45, 2.75) is 26.7 Å². The summed E-state index contributed by atoms with van der Waals surface area (Å²) < 4.78 is 10.6. The average Bonchev–Trinajstić information content (AvgIpc) is 2.39. The number of nitrogens with two attached hydrogens (primary N) is 1. The Hall–Kier alpha value is -1.75. The molecule has 20 heavy (non-hydrogen) atoms. The van der Waals surface area contributed by atoms with E-state index in [1.165, 1.54) is 0 Å². The van der Waals surface area contributed by atoms with Gasteiger partial charge in [0.25, 0.3) is 0 Å². The summed E-state index contributed by atoms with van der Waals surface area (Å²) in [6.07, 6.45) is 2.22.